The molecule has 0 spiro atoms. The minimum absolute atomic E-state index is 0.790. The molecule has 162 valence electrons. The maximum atomic E-state index is 3.65. The lowest BCUT2D eigenvalue weighted by atomic mass is 9.83. The third kappa shape index (κ3) is 3.16. The summed E-state index contributed by atoms with van der Waals surface area (Å²) < 4.78 is 2.36. The Labute approximate surface area is 194 Å². The van der Waals surface area contributed by atoms with Crippen molar-refractivity contribution in [3.05, 3.63) is 103 Å². The second-order valence-corrected chi connectivity index (χ2v) is 9.95. The lowest BCUT2D eigenvalue weighted by Crippen LogP contribution is -2.08. The molecule has 0 aliphatic heterocycles. The predicted molar refractivity (Wildman–Crippen MR) is 139 cm³/mol. The maximum Gasteiger partial charge on any atom is 0.0542 e. The molecule has 2 saturated carbocycles. The molecule has 0 saturated heterocycles. The molecule has 2 fully saturated rings. The van der Waals surface area contributed by atoms with E-state index >= 15 is 0 Å². The van der Waals surface area contributed by atoms with Crippen molar-refractivity contribution in [3.8, 4) is 5.69 Å². The zero-order valence-corrected chi connectivity index (χ0v) is 18.7. The highest BCUT2D eigenvalue weighted by Crippen LogP contribution is 2.52. The Morgan fingerprint density at radius 1 is 0.636 bits per heavy atom. The van der Waals surface area contributed by atoms with E-state index in [4.69, 9.17) is 0 Å². The van der Waals surface area contributed by atoms with Gasteiger partial charge in [-0.1, -0.05) is 55.0 Å². The third-order valence-corrected chi connectivity index (χ3v) is 8.05. The average molecular weight is 429 g/mol. The van der Waals surface area contributed by atoms with Crippen molar-refractivity contribution in [3.63, 3.8) is 0 Å². The molecule has 2 heteroatoms. The molecule has 7 rings (SSSR count). The van der Waals surface area contributed by atoms with Gasteiger partial charge in [0.1, 0.15) is 0 Å². The minimum Gasteiger partial charge on any atom is -0.356 e. The highest BCUT2D eigenvalue weighted by molar-refractivity contribution is 6.10. The first kappa shape index (κ1) is 19.0. The zero-order valence-electron chi connectivity index (χ0n) is 18.7. The summed E-state index contributed by atoms with van der Waals surface area (Å²) in [7, 11) is 0. The number of para-hydroxylation sites is 2. The van der Waals surface area contributed by atoms with Crippen LogP contribution in [0.15, 0.2) is 97.1 Å². The summed E-state index contributed by atoms with van der Waals surface area (Å²) in [6.45, 7) is 0. The van der Waals surface area contributed by atoms with Crippen molar-refractivity contribution < 1.29 is 0 Å². The Kier molecular flexibility index (Phi) is 4.33. The standard InChI is InChI=1S/C31H28N2/c1-2-6-26(7-3-1)33-30-9-5-4-8-27(30)29-20-25(16-17-31(29)33)32-24-14-12-22(13-15-24)28-19-21-10-11-23(28)18-21/h1-9,12-17,20-21,23,28,32H,10-11,18-19H2. The molecular weight excluding hydrogens is 400 g/mol. The first-order chi connectivity index (χ1) is 16.3. The van der Waals surface area contributed by atoms with E-state index in [1.807, 2.05) is 0 Å². The van der Waals surface area contributed by atoms with Crippen LogP contribution in [-0.2, 0) is 0 Å². The molecule has 2 aliphatic carbocycles. The normalized spacial score (nSPS) is 21.8. The van der Waals surface area contributed by atoms with Crippen LogP contribution in [0.1, 0.15) is 37.2 Å². The van der Waals surface area contributed by atoms with Crippen molar-refractivity contribution in [1.82, 2.24) is 4.57 Å². The van der Waals surface area contributed by atoms with Crippen molar-refractivity contribution in [2.45, 2.75) is 31.6 Å². The van der Waals surface area contributed by atoms with Gasteiger partial charge < -0.3 is 9.88 Å². The summed E-state index contributed by atoms with van der Waals surface area (Å²) in [5.74, 6) is 2.71. The van der Waals surface area contributed by atoms with Gasteiger partial charge in [-0.2, -0.15) is 0 Å². The number of hydrogen-bond acceptors (Lipinski definition) is 1. The van der Waals surface area contributed by atoms with E-state index < -0.39 is 0 Å². The highest BCUT2D eigenvalue weighted by atomic mass is 15.0. The topological polar surface area (TPSA) is 17.0 Å². The Morgan fingerprint density at radius 2 is 1.39 bits per heavy atom. The number of anilines is 2. The first-order valence-corrected chi connectivity index (χ1v) is 12.3. The maximum absolute atomic E-state index is 3.65. The van der Waals surface area contributed by atoms with E-state index in [-0.39, 0.29) is 0 Å². The summed E-state index contributed by atoms with van der Waals surface area (Å²) >= 11 is 0. The first-order valence-electron chi connectivity index (χ1n) is 12.3. The zero-order chi connectivity index (χ0) is 21.8. The monoisotopic (exact) mass is 428 g/mol. The van der Waals surface area contributed by atoms with Gasteiger partial charge in [-0.15, -0.1) is 0 Å². The van der Waals surface area contributed by atoms with E-state index in [0.29, 0.717) is 0 Å². The number of fused-ring (bicyclic) bond motifs is 5. The fraction of sp³-hybridized carbons (Fsp3) is 0.226. The van der Waals surface area contributed by atoms with Gasteiger partial charge in [-0.25, -0.2) is 0 Å². The highest BCUT2D eigenvalue weighted by Gasteiger charge is 2.39. The third-order valence-electron chi connectivity index (χ3n) is 8.05. The second kappa shape index (κ2) is 7.52. The van der Waals surface area contributed by atoms with Gasteiger partial charge >= 0.3 is 0 Å². The van der Waals surface area contributed by atoms with Crippen LogP contribution in [0.25, 0.3) is 27.5 Å². The smallest absolute Gasteiger partial charge is 0.0542 e. The molecule has 1 aromatic heterocycles. The summed E-state index contributed by atoms with van der Waals surface area (Å²) in [5, 5.41) is 6.21. The van der Waals surface area contributed by atoms with Crippen LogP contribution in [0.5, 0.6) is 0 Å². The number of hydrogen-bond donors (Lipinski definition) is 1. The molecule has 2 aliphatic rings. The van der Waals surface area contributed by atoms with Gasteiger partial charge in [0.15, 0.2) is 0 Å². The van der Waals surface area contributed by atoms with Crippen LogP contribution in [0.4, 0.5) is 11.4 Å². The van der Waals surface area contributed by atoms with Crippen LogP contribution in [-0.4, -0.2) is 4.57 Å². The number of nitrogens with zero attached hydrogens (tertiary/aromatic N) is 1. The largest absolute Gasteiger partial charge is 0.356 e. The van der Waals surface area contributed by atoms with E-state index in [1.54, 1.807) is 0 Å². The lowest BCUT2D eigenvalue weighted by Gasteiger charge is -2.22. The molecular formula is C31H28N2. The molecule has 0 radical (unpaired) electrons. The van der Waals surface area contributed by atoms with Crippen molar-refractivity contribution in [2.24, 2.45) is 11.8 Å². The lowest BCUT2D eigenvalue weighted by molar-refractivity contribution is 0.420. The fourth-order valence-electron chi connectivity index (χ4n) is 6.54. The molecule has 1 heterocycles. The number of benzene rings is 4. The predicted octanol–water partition coefficient (Wildman–Crippen LogP) is 8.43. The summed E-state index contributed by atoms with van der Waals surface area (Å²) in [4.78, 5) is 0. The molecule has 2 nitrogen and oxygen atoms in total. The van der Waals surface area contributed by atoms with Crippen LogP contribution in [0.3, 0.4) is 0 Å². The molecule has 1 N–H and O–H groups in total. The van der Waals surface area contributed by atoms with E-state index in [1.165, 1.54) is 58.7 Å². The minimum atomic E-state index is 0.790. The van der Waals surface area contributed by atoms with Gasteiger partial charge in [0.2, 0.25) is 0 Å². The summed E-state index contributed by atoms with van der Waals surface area (Å²) in [6.07, 6.45) is 5.76. The Morgan fingerprint density at radius 3 is 2.18 bits per heavy atom. The molecule has 2 bridgehead atoms. The Bertz CT molecular complexity index is 1450. The molecule has 4 aromatic carbocycles. The molecule has 33 heavy (non-hydrogen) atoms. The van der Waals surface area contributed by atoms with Crippen LogP contribution in [0, 0.1) is 11.8 Å². The summed E-state index contributed by atoms with van der Waals surface area (Å²) in [5.41, 5.74) is 7.50. The number of rotatable bonds is 4. The van der Waals surface area contributed by atoms with Gasteiger partial charge in [0, 0.05) is 27.8 Å². The SMILES string of the molecule is c1ccc(-n2c3ccccc3c3cc(Nc4ccc(C5CC6CCC5C6)cc4)ccc32)cc1. The Hall–Kier alpha value is -3.52. The Balaban J connectivity index is 1.23. The van der Waals surface area contributed by atoms with E-state index in [0.717, 1.165) is 29.1 Å². The van der Waals surface area contributed by atoms with Gasteiger partial charge in [-0.3, -0.25) is 0 Å². The van der Waals surface area contributed by atoms with Crippen molar-refractivity contribution >= 4 is 33.2 Å². The van der Waals surface area contributed by atoms with Crippen molar-refractivity contribution in [2.75, 3.05) is 5.32 Å². The van der Waals surface area contributed by atoms with E-state index in [9.17, 15) is 0 Å². The molecule has 3 unspecified atom stereocenters. The number of nitrogens with one attached hydrogen (secondary N) is 1. The van der Waals surface area contributed by atoms with E-state index in [2.05, 4.69) is 107 Å². The molecule has 5 aromatic rings. The molecule has 3 atom stereocenters. The fourth-order valence-corrected chi connectivity index (χ4v) is 6.54. The van der Waals surface area contributed by atoms with Crippen LogP contribution < -0.4 is 5.32 Å². The quantitative estimate of drug-likeness (QED) is 0.304. The van der Waals surface area contributed by atoms with Gasteiger partial charge in [0.25, 0.3) is 0 Å². The molecule has 0 amide bonds. The summed E-state index contributed by atoms with van der Waals surface area (Å²) in [6, 6.07) is 35.3. The van der Waals surface area contributed by atoms with Gasteiger partial charge in [0.05, 0.1) is 11.0 Å². The van der Waals surface area contributed by atoms with Crippen molar-refractivity contribution in [1.29, 1.82) is 0 Å². The van der Waals surface area contributed by atoms with Crippen LogP contribution >= 0.6 is 0 Å². The van der Waals surface area contributed by atoms with Gasteiger partial charge in [-0.05, 0) is 91.1 Å². The average Bonchev–Trinajstić information content (AvgIpc) is 3.58. The second-order valence-electron chi connectivity index (χ2n) is 9.95. The number of aromatic nitrogens is 1. The van der Waals surface area contributed by atoms with Crippen LogP contribution in [0.2, 0.25) is 0 Å².